The van der Waals surface area contributed by atoms with Crippen molar-refractivity contribution in [2.45, 2.75) is 32.7 Å². The standard InChI is InChI=1S/C32H30FN3O4S/c1-3-39-31(38)27-28(21-7-5-4-6-8-21)34-32-36(29(27)22-9-11-23(33)12-10-22)30(37)25(41-32)19-24-13-14-26(40-24)35-17-15-20(2)16-18-35/h4-14,19-20,29H,3,15-18H2,1-2H3/b25-19+/t29-/m1/s1. The Labute approximate surface area is 240 Å². The molecule has 0 spiro atoms. The molecule has 2 aliphatic heterocycles. The van der Waals surface area contributed by atoms with Gasteiger partial charge in [-0.1, -0.05) is 60.7 Å². The van der Waals surface area contributed by atoms with Gasteiger partial charge in [-0.15, -0.1) is 0 Å². The summed E-state index contributed by atoms with van der Waals surface area (Å²) in [6, 6.07) is 18.1. The van der Waals surface area contributed by atoms with E-state index < -0.39 is 17.8 Å². The molecule has 1 saturated heterocycles. The average Bonchev–Trinajstić information content (AvgIpc) is 3.58. The molecular formula is C32H30FN3O4S. The third-order valence-corrected chi connectivity index (χ3v) is 8.52. The maximum atomic E-state index is 14.0. The van der Waals surface area contributed by atoms with Crippen LogP contribution in [0.2, 0.25) is 0 Å². The number of benzene rings is 2. The van der Waals surface area contributed by atoms with Crippen LogP contribution in [0, 0.1) is 11.7 Å². The molecule has 7 nitrogen and oxygen atoms in total. The molecule has 9 heteroatoms. The fourth-order valence-electron chi connectivity index (χ4n) is 5.35. The summed E-state index contributed by atoms with van der Waals surface area (Å²) in [5.41, 5.74) is 1.62. The summed E-state index contributed by atoms with van der Waals surface area (Å²) in [4.78, 5) is 34.9. The summed E-state index contributed by atoms with van der Waals surface area (Å²) < 4.78 is 27.4. The number of carbonyl (C=O) groups is 1. The number of esters is 1. The third kappa shape index (κ3) is 5.29. The van der Waals surface area contributed by atoms with Crippen molar-refractivity contribution < 1.29 is 18.3 Å². The van der Waals surface area contributed by atoms with Crippen LogP contribution in [0.5, 0.6) is 0 Å². The second kappa shape index (κ2) is 11.3. The van der Waals surface area contributed by atoms with Gasteiger partial charge in [-0.2, -0.15) is 0 Å². The fraction of sp³-hybridized carbons (Fsp3) is 0.281. The number of anilines is 1. The number of nitrogens with zero attached hydrogens (tertiary/aromatic N) is 3. The lowest BCUT2D eigenvalue weighted by molar-refractivity contribution is -0.138. The monoisotopic (exact) mass is 571 g/mol. The van der Waals surface area contributed by atoms with Crippen molar-refractivity contribution in [2.75, 3.05) is 24.6 Å². The van der Waals surface area contributed by atoms with E-state index in [4.69, 9.17) is 14.1 Å². The predicted molar refractivity (Wildman–Crippen MR) is 157 cm³/mol. The molecule has 4 heterocycles. The normalized spacial score (nSPS) is 17.9. The Bertz CT molecular complexity index is 1780. The molecule has 41 heavy (non-hydrogen) atoms. The number of halogens is 1. The van der Waals surface area contributed by atoms with E-state index >= 15 is 0 Å². The Hall–Kier alpha value is -4.24. The van der Waals surface area contributed by atoms with E-state index in [1.54, 1.807) is 25.1 Å². The highest BCUT2D eigenvalue weighted by atomic mass is 32.1. The second-order valence-corrected chi connectivity index (χ2v) is 11.3. The van der Waals surface area contributed by atoms with Crippen LogP contribution in [0.25, 0.3) is 11.8 Å². The minimum Gasteiger partial charge on any atom is -0.463 e. The number of fused-ring (bicyclic) bond motifs is 1. The number of aromatic nitrogens is 1. The molecule has 2 aromatic heterocycles. The van der Waals surface area contributed by atoms with E-state index in [9.17, 15) is 14.0 Å². The van der Waals surface area contributed by atoms with Crippen molar-refractivity contribution in [3.05, 3.63) is 115 Å². The highest BCUT2D eigenvalue weighted by Crippen LogP contribution is 2.35. The summed E-state index contributed by atoms with van der Waals surface area (Å²) >= 11 is 1.22. The van der Waals surface area contributed by atoms with Gasteiger partial charge in [-0.3, -0.25) is 9.36 Å². The molecule has 0 bridgehead atoms. The summed E-state index contributed by atoms with van der Waals surface area (Å²) in [6.07, 6.45) is 3.95. The molecule has 0 radical (unpaired) electrons. The van der Waals surface area contributed by atoms with Crippen LogP contribution in [0.1, 0.15) is 49.6 Å². The first kappa shape index (κ1) is 27.0. The van der Waals surface area contributed by atoms with Gasteiger partial charge in [0.2, 0.25) is 0 Å². The van der Waals surface area contributed by atoms with E-state index in [1.165, 1.54) is 28.0 Å². The molecule has 0 amide bonds. The van der Waals surface area contributed by atoms with E-state index in [0.717, 1.165) is 31.8 Å². The zero-order valence-corrected chi connectivity index (χ0v) is 23.7. The zero-order chi connectivity index (χ0) is 28.5. The summed E-state index contributed by atoms with van der Waals surface area (Å²) in [5.74, 6) is 1.07. The molecular weight excluding hydrogens is 541 g/mol. The number of rotatable bonds is 6. The van der Waals surface area contributed by atoms with Crippen LogP contribution in [0.3, 0.4) is 0 Å². The van der Waals surface area contributed by atoms with Crippen molar-refractivity contribution in [1.29, 1.82) is 0 Å². The molecule has 0 unspecified atom stereocenters. The first-order valence-electron chi connectivity index (χ1n) is 13.8. The van der Waals surface area contributed by atoms with Gasteiger partial charge < -0.3 is 14.1 Å². The number of hydrogen-bond donors (Lipinski definition) is 0. The van der Waals surface area contributed by atoms with Crippen molar-refractivity contribution in [3.63, 3.8) is 0 Å². The first-order chi connectivity index (χ1) is 19.9. The molecule has 1 atom stereocenters. The second-order valence-electron chi connectivity index (χ2n) is 10.3. The van der Waals surface area contributed by atoms with Crippen molar-refractivity contribution in [1.82, 2.24) is 4.57 Å². The Morgan fingerprint density at radius 1 is 1.10 bits per heavy atom. The molecule has 210 valence electrons. The maximum Gasteiger partial charge on any atom is 0.338 e. The highest BCUT2D eigenvalue weighted by Gasteiger charge is 2.35. The van der Waals surface area contributed by atoms with Crippen LogP contribution < -0.4 is 19.8 Å². The molecule has 4 aromatic rings. The van der Waals surface area contributed by atoms with Gasteiger partial charge in [-0.25, -0.2) is 14.2 Å². The summed E-state index contributed by atoms with van der Waals surface area (Å²) in [6.45, 7) is 6.02. The van der Waals surface area contributed by atoms with Gasteiger partial charge in [0.25, 0.3) is 5.56 Å². The molecule has 0 N–H and O–H groups in total. The minimum absolute atomic E-state index is 0.154. The lowest BCUT2D eigenvalue weighted by atomic mass is 9.93. The van der Waals surface area contributed by atoms with Crippen molar-refractivity contribution >= 4 is 35.0 Å². The molecule has 6 rings (SSSR count). The van der Waals surface area contributed by atoms with Gasteiger partial charge >= 0.3 is 5.97 Å². The Morgan fingerprint density at radius 2 is 1.83 bits per heavy atom. The predicted octanol–water partition coefficient (Wildman–Crippen LogP) is 4.90. The highest BCUT2D eigenvalue weighted by molar-refractivity contribution is 7.07. The quantitative estimate of drug-likeness (QED) is 0.308. The molecule has 2 aliphatic rings. The fourth-order valence-corrected chi connectivity index (χ4v) is 6.33. The smallest absolute Gasteiger partial charge is 0.338 e. The number of thiazole rings is 1. The summed E-state index contributed by atoms with van der Waals surface area (Å²) in [7, 11) is 0. The van der Waals surface area contributed by atoms with Gasteiger partial charge in [-0.05, 0) is 49.4 Å². The van der Waals surface area contributed by atoms with Crippen LogP contribution in [-0.2, 0) is 9.53 Å². The van der Waals surface area contributed by atoms with Crippen LogP contribution in [0.4, 0.5) is 10.3 Å². The van der Waals surface area contributed by atoms with E-state index in [2.05, 4.69) is 11.8 Å². The van der Waals surface area contributed by atoms with Crippen LogP contribution in [0.15, 0.2) is 86.5 Å². The van der Waals surface area contributed by atoms with Crippen LogP contribution >= 0.6 is 11.3 Å². The van der Waals surface area contributed by atoms with Crippen molar-refractivity contribution in [3.8, 4) is 0 Å². The van der Waals surface area contributed by atoms with Gasteiger partial charge in [0.15, 0.2) is 10.7 Å². The lowest BCUT2D eigenvalue weighted by Gasteiger charge is -2.29. The number of furan rings is 1. The van der Waals surface area contributed by atoms with E-state index in [-0.39, 0.29) is 17.7 Å². The molecule has 0 aliphatic carbocycles. The Kier molecular flexibility index (Phi) is 7.45. The zero-order valence-electron chi connectivity index (χ0n) is 22.9. The SMILES string of the molecule is CCOC(=O)C1=C(c2ccccc2)N=c2s/c(=C/c3ccc(N4CCC(C)CC4)o3)c(=O)n2[C@@H]1c1ccc(F)cc1. The minimum atomic E-state index is -0.856. The maximum absolute atomic E-state index is 14.0. The van der Waals surface area contributed by atoms with Gasteiger partial charge in [0, 0.05) is 30.8 Å². The topological polar surface area (TPSA) is 77.0 Å². The molecule has 0 saturated carbocycles. The Morgan fingerprint density at radius 3 is 2.54 bits per heavy atom. The molecule has 1 fully saturated rings. The van der Waals surface area contributed by atoms with Crippen LogP contribution in [-0.4, -0.2) is 30.2 Å². The average molecular weight is 572 g/mol. The number of carbonyl (C=O) groups excluding carboxylic acids is 1. The first-order valence-corrected chi connectivity index (χ1v) is 14.6. The lowest BCUT2D eigenvalue weighted by Crippen LogP contribution is -2.40. The van der Waals surface area contributed by atoms with Gasteiger partial charge in [0.1, 0.15) is 11.6 Å². The third-order valence-electron chi connectivity index (χ3n) is 7.54. The molecule has 2 aromatic carbocycles. The summed E-state index contributed by atoms with van der Waals surface area (Å²) in [5, 5.41) is 0. The largest absolute Gasteiger partial charge is 0.463 e. The number of hydrogen-bond acceptors (Lipinski definition) is 7. The van der Waals surface area contributed by atoms with E-state index in [0.29, 0.717) is 37.8 Å². The number of piperidine rings is 1. The Balaban J connectivity index is 1.51. The van der Waals surface area contributed by atoms with Crippen molar-refractivity contribution in [2.24, 2.45) is 10.9 Å². The number of ether oxygens (including phenoxy) is 1. The van der Waals surface area contributed by atoms with Gasteiger partial charge in [0.05, 0.1) is 28.5 Å². The van der Waals surface area contributed by atoms with E-state index in [1.807, 2.05) is 42.5 Å².